The van der Waals surface area contributed by atoms with Crippen LogP contribution in [-0.4, -0.2) is 23.6 Å². The number of hydrogen-bond donors (Lipinski definition) is 0. The Labute approximate surface area is 130 Å². The Morgan fingerprint density at radius 3 is 2.45 bits per heavy atom. The zero-order valence-electron chi connectivity index (χ0n) is 12.9. The molecule has 0 N–H and O–H groups in total. The molecule has 0 radical (unpaired) electrons. The number of Topliss-reactive ketones (excluding diaryl/α,β-unsaturated/α-hetero) is 1. The fraction of sp³-hybridized carbons (Fsp3) is 0.263. The molecular formula is C19H19NO2. The second-order valence-corrected chi connectivity index (χ2v) is 5.86. The van der Waals surface area contributed by atoms with Crippen LogP contribution in [0.4, 0.5) is 0 Å². The largest absolute Gasteiger partial charge is 0.332 e. The summed E-state index contributed by atoms with van der Waals surface area (Å²) in [5, 5.41) is 0. The number of aryl methyl sites for hydroxylation is 2. The van der Waals surface area contributed by atoms with E-state index in [9.17, 15) is 9.59 Å². The first-order valence-electron chi connectivity index (χ1n) is 7.54. The monoisotopic (exact) mass is 293 g/mol. The zero-order chi connectivity index (χ0) is 15.7. The van der Waals surface area contributed by atoms with Gasteiger partial charge in [0.05, 0.1) is 6.04 Å². The van der Waals surface area contributed by atoms with E-state index in [1.807, 2.05) is 37.3 Å². The highest BCUT2D eigenvalue weighted by molar-refractivity contribution is 6.42. The van der Waals surface area contributed by atoms with Gasteiger partial charge in [-0.3, -0.25) is 9.59 Å². The van der Waals surface area contributed by atoms with Crippen molar-refractivity contribution in [1.82, 2.24) is 4.90 Å². The minimum Gasteiger partial charge on any atom is -0.332 e. The Morgan fingerprint density at radius 2 is 1.73 bits per heavy atom. The van der Waals surface area contributed by atoms with Gasteiger partial charge in [-0.1, -0.05) is 54.1 Å². The van der Waals surface area contributed by atoms with Gasteiger partial charge in [0.1, 0.15) is 0 Å². The zero-order valence-corrected chi connectivity index (χ0v) is 12.9. The fourth-order valence-corrected chi connectivity index (χ4v) is 3.07. The molecule has 0 fully saturated rings. The van der Waals surface area contributed by atoms with Crippen LogP contribution < -0.4 is 0 Å². The molecule has 0 saturated carbocycles. The van der Waals surface area contributed by atoms with E-state index >= 15 is 0 Å². The van der Waals surface area contributed by atoms with Crippen LogP contribution in [0.15, 0.2) is 48.5 Å². The van der Waals surface area contributed by atoms with Crippen molar-refractivity contribution < 1.29 is 9.59 Å². The van der Waals surface area contributed by atoms with Crippen molar-refractivity contribution in [2.75, 3.05) is 7.05 Å². The van der Waals surface area contributed by atoms with Crippen molar-refractivity contribution in [3.05, 3.63) is 70.8 Å². The van der Waals surface area contributed by atoms with Gasteiger partial charge in [-0.2, -0.15) is 0 Å². The lowest BCUT2D eigenvalue weighted by molar-refractivity contribution is -0.127. The minimum atomic E-state index is -0.439. The number of hydrogen-bond acceptors (Lipinski definition) is 2. The quantitative estimate of drug-likeness (QED) is 0.643. The van der Waals surface area contributed by atoms with E-state index in [0.29, 0.717) is 5.56 Å². The Morgan fingerprint density at radius 1 is 1.05 bits per heavy atom. The maximum absolute atomic E-state index is 12.5. The lowest BCUT2D eigenvalue weighted by Crippen LogP contribution is -2.35. The van der Waals surface area contributed by atoms with E-state index in [1.54, 1.807) is 24.1 Å². The van der Waals surface area contributed by atoms with Crippen LogP contribution in [0, 0.1) is 6.92 Å². The van der Waals surface area contributed by atoms with Crippen molar-refractivity contribution in [3.63, 3.8) is 0 Å². The molecule has 3 rings (SSSR count). The topological polar surface area (TPSA) is 37.4 Å². The van der Waals surface area contributed by atoms with Gasteiger partial charge >= 0.3 is 0 Å². The van der Waals surface area contributed by atoms with Crippen LogP contribution in [0.2, 0.25) is 0 Å². The van der Waals surface area contributed by atoms with Crippen LogP contribution in [0.1, 0.15) is 39.5 Å². The van der Waals surface area contributed by atoms with Crippen molar-refractivity contribution >= 4 is 11.7 Å². The summed E-state index contributed by atoms with van der Waals surface area (Å²) in [5.41, 5.74) is 3.96. The Hall–Kier alpha value is -2.42. The predicted octanol–water partition coefficient (Wildman–Crippen LogP) is 3.32. The highest BCUT2D eigenvalue weighted by atomic mass is 16.2. The van der Waals surface area contributed by atoms with Gasteiger partial charge in [0, 0.05) is 12.6 Å². The van der Waals surface area contributed by atoms with Gasteiger partial charge in [-0.25, -0.2) is 0 Å². The Kier molecular flexibility index (Phi) is 3.80. The number of ketones is 1. The molecule has 0 saturated heterocycles. The normalized spacial score (nSPS) is 16.2. The number of carbonyl (C=O) groups is 2. The second-order valence-electron chi connectivity index (χ2n) is 5.86. The summed E-state index contributed by atoms with van der Waals surface area (Å²) < 4.78 is 0. The first-order chi connectivity index (χ1) is 10.6. The first-order valence-corrected chi connectivity index (χ1v) is 7.54. The third kappa shape index (κ3) is 2.54. The molecule has 112 valence electrons. The second kappa shape index (κ2) is 5.76. The van der Waals surface area contributed by atoms with E-state index in [2.05, 4.69) is 6.07 Å². The molecule has 0 aliphatic heterocycles. The number of benzene rings is 2. The van der Waals surface area contributed by atoms with Gasteiger partial charge in [0.2, 0.25) is 5.78 Å². The predicted molar refractivity (Wildman–Crippen MR) is 85.8 cm³/mol. The van der Waals surface area contributed by atoms with Gasteiger partial charge in [0.25, 0.3) is 5.91 Å². The summed E-state index contributed by atoms with van der Waals surface area (Å²) in [6.07, 6.45) is 1.83. The maximum Gasteiger partial charge on any atom is 0.295 e. The number of rotatable bonds is 3. The highest BCUT2D eigenvalue weighted by Gasteiger charge is 2.31. The third-order valence-corrected chi connectivity index (χ3v) is 4.40. The molecule has 1 aliphatic rings. The van der Waals surface area contributed by atoms with Crippen molar-refractivity contribution in [2.45, 2.75) is 25.8 Å². The van der Waals surface area contributed by atoms with Crippen LogP contribution in [-0.2, 0) is 11.2 Å². The summed E-state index contributed by atoms with van der Waals surface area (Å²) >= 11 is 0. The average Bonchev–Trinajstić information content (AvgIpc) is 2.97. The minimum absolute atomic E-state index is 0.00176. The van der Waals surface area contributed by atoms with Crippen LogP contribution >= 0.6 is 0 Å². The van der Waals surface area contributed by atoms with E-state index in [-0.39, 0.29) is 6.04 Å². The molecular weight excluding hydrogens is 274 g/mol. The van der Waals surface area contributed by atoms with Crippen LogP contribution in [0.25, 0.3) is 0 Å². The molecule has 22 heavy (non-hydrogen) atoms. The number of nitrogens with zero attached hydrogens (tertiary/aromatic N) is 1. The SMILES string of the molecule is Cc1ccc(C(=O)C(=O)N(C)C2CCc3ccccc32)cc1. The van der Waals surface area contributed by atoms with E-state index < -0.39 is 11.7 Å². The first kappa shape index (κ1) is 14.5. The maximum atomic E-state index is 12.5. The molecule has 0 aromatic heterocycles. The standard InChI is InChI=1S/C19H19NO2/c1-13-7-9-15(10-8-13)18(21)19(22)20(2)17-12-11-14-5-3-4-6-16(14)17/h3-10,17H,11-12H2,1-2H3. The number of fused-ring (bicyclic) bond motifs is 1. The molecule has 1 aliphatic carbocycles. The van der Waals surface area contributed by atoms with Gasteiger partial charge in [-0.15, -0.1) is 0 Å². The van der Waals surface area contributed by atoms with Gasteiger partial charge in [-0.05, 0) is 30.9 Å². The van der Waals surface area contributed by atoms with E-state index in [4.69, 9.17) is 0 Å². The van der Waals surface area contributed by atoms with Crippen molar-refractivity contribution in [3.8, 4) is 0 Å². The summed E-state index contributed by atoms with van der Waals surface area (Å²) in [6.45, 7) is 1.96. The number of carbonyl (C=O) groups excluding carboxylic acids is 2. The molecule has 2 aromatic carbocycles. The van der Waals surface area contributed by atoms with E-state index in [1.165, 1.54) is 5.56 Å². The van der Waals surface area contributed by atoms with Gasteiger partial charge in [0.15, 0.2) is 0 Å². The van der Waals surface area contributed by atoms with Crippen LogP contribution in [0.5, 0.6) is 0 Å². The lowest BCUT2D eigenvalue weighted by atomic mass is 10.0. The average molecular weight is 293 g/mol. The molecule has 3 heteroatoms. The smallest absolute Gasteiger partial charge is 0.295 e. The lowest BCUT2D eigenvalue weighted by Gasteiger charge is -2.24. The Bertz CT molecular complexity index is 718. The van der Waals surface area contributed by atoms with Crippen molar-refractivity contribution in [1.29, 1.82) is 0 Å². The molecule has 1 atom stereocenters. The number of likely N-dealkylation sites (N-methyl/N-ethyl adjacent to an activating group) is 1. The molecule has 2 aromatic rings. The summed E-state index contributed by atoms with van der Waals surface area (Å²) in [5.74, 6) is -0.877. The summed E-state index contributed by atoms with van der Waals surface area (Å²) in [7, 11) is 1.72. The number of amides is 1. The molecule has 3 nitrogen and oxygen atoms in total. The summed E-state index contributed by atoms with van der Waals surface area (Å²) in [6, 6.07) is 15.3. The highest BCUT2D eigenvalue weighted by Crippen LogP contribution is 2.35. The summed E-state index contributed by atoms with van der Waals surface area (Å²) in [4.78, 5) is 26.5. The molecule has 1 amide bonds. The molecule has 0 bridgehead atoms. The third-order valence-electron chi connectivity index (χ3n) is 4.40. The Balaban J connectivity index is 1.81. The fourth-order valence-electron chi connectivity index (χ4n) is 3.07. The van der Waals surface area contributed by atoms with Crippen molar-refractivity contribution in [2.24, 2.45) is 0 Å². The molecule has 1 unspecified atom stereocenters. The molecule has 0 heterocycles. The van der Waals surface area contributed by atoms with E-state index in [0.717, 1.165) is 24.0 Å². The molecule has 0 spiro atoms. The van der Waals surface area contributed by atoms with Crippen LogP contribution in [0.3, 0.4) is 0 Å². The van der Waals surface area contributed by atoms with Gasteiger partial charge < -0.3 is 4.90 Å².